The highest BCUT2D eigenvalue weighted by Crippen LogP contribution is 2.65. The number of carbonyl (C=O) groups is 3. The SMILES string of the molecule is O=C(O)COc1ccc(/C=N\N2C(=O)[C@@H]3[C@@H]4C=C[C@H]([C@H]5C[C@@H]45)[C@@H]3C2=O)cc1. The van der Waals surface area contributed by atoms with E-state index in [1.165, 1.54) is 6.21 Å². The van der Waals surface area contributed by atoms with Crippen LogP contribution in [0.1, 0.15) is 12.0 Å². The molecule has 1 heterocycles. The molecule has 0 aromatic heterocycles. The highest BCUT2D eigenvalue weighted by molar-refractivity contribution is 6.06. The van der Waals surface area contributed by atoms with Crippen LogP contribution < -0.4 is 4.74 Å². The number of aliphatic carboxylic acids is 1. The number of nitrogens with zero attached hydrogens (tertiary/aromatic N) is 2. The summed E-state index contributed by atoms with van der Waals surface area (Å²) in [6.07, 6.45) is 6.88. The Kier molecular flexibility index (Phi) is 3.47. The van der Waals surface area contributed by atoms with E-state index in [4.69, 9.17) is 9.84 Å². The smallest absolute Gasteiger partial charge is 0.341 e. The number of benzene rings is 1. The predicted molar refractivity (Wildman–Crippen MR) is 93.7 cm³/mol. The quantitative estimate of drug-likeness (QED) is 0.484. The van der Waals surface area contributed by atoms with Crippen LogP contribution >= 0.6 is 0 Å². The van der Waals surface area contributed by atoms with E-state index in [2.05, 4.69) is 17.3 Å². The fraction of sp³-hybridized carbons (Fsp3) is 0.400. The first kappa shape index (κ1) is 16.2. The lowest BCUT2D eigenvalue weighted by atomic mass is 9.63. The van der Waals surface area contributed by atoms with Crippen LogP contribution in [-0.2, 0) is 14.4 Å². The van der Waals surface area contributed by atoms with Crippen LogP contribution in [0.2, 0.25) is 0 Å². The minimum absolute atomic E-state index is 0.187. The molecule has 0 radical (unpaired) electrons. The topological polar surface area (TPSA) is 96.3 Å². The number of hydrogen-bond donors (Lipinski definition) is 1. The van der Waals surface area contributed by atoms with Crippen molar-refractivity contribution in [3.05, 3.63) is 42.0 Å². The van der Waals surface area contributed by atoms with Crippen molar-refractivity contribution in [2.45, 2.75) is 6.42 Å². The molecule has 7 nitrogen and oxygen atoms in total. The molecule has 7 heteroatoms. The van der Waals surface area contributed by atoms with E-state index in [-0.39, 0.29) is 35.5 Å². The van der Waals surface area contributed by atoms with Gasteiger partial charge in [0.25, 0.3) is 11.8 Å². The Morgan fingerprint density at radius 1 is 1.11 bits per heavy atom. The first-order chi connectivity index (χ1) is 13.0. The Morgan fingerprint density at radius 2 is 1.70 bits per heavy atom. The number of ether oxygens (including phenoxy) is 1. The zero-order valence-electron chi connectivity index (χ0n) is 14.4. The van der Waals surface area contributed by atoms with E-state index in [1.54, 1.807) is 24.3 Å². The number of allylic oxidation sites excluding steroid dienone is 2. The van der Waals surface area contributed by atoms with Gasteiger partial charge in [0.15, 0.2) is 6.61 Å². The second-order valence-corrected chi connectivity index (χ2v) is 7.64. The molecular weight excluding hydrogens is 348 g/mol. The van der Waals surface area contributed by atoms with Crippen molar-refractivity contribution in [3.63, 3.8) is 0 Å². The summed E-state index contributed by atoms with van der Waals surface area (Å²) in [5, 5.41) is 13.8. The van der Waals surface area contributed by atoms with Crippen molar-refractivity contribution in [2.24, 2.45) is 40.6 Å². The summed E-state index contributed by atoms with van der Waals surface area (Å²) in [4.78, 5) is 36.1. The van der Waals surface area contributed by atoms with Gasteiger partial charge in [0.1, 0.15) is 5.75 Å². The van der Waals surface area contributed by atoms with Crippen molar-refractivity contribution in [3.8, 4) is 5.75 Å². The maximum absolute atomic E-state index is 12.8. The van der Waals surface area contributed by atoms with Gasteiger partial charge < -0.3 is 9.84 Å². The lowest BCUT2D eigenvalue weighted by Crippen LogP contribution is -2.40. The normalized spacial score (nSPS) is 35.5. The summed E-state index contributed by atoms with van der Waals surface area (Å²) in [6.45, 7) is -0.411. The first-order valence-corrected chi connectivity index (χ1v) is 9.09. The zero-order valence-corrected chi connectivity index (χ0v) is 14.4. The molecule has 0 unspecified atom stereocenters. The number of amides is 2. The van der Waals surface area contributed by atoms with Crippen molar-refractivity contribution in [1.82, 2.24) is 5.01 Å². The molecule has 2 saturated carbocycles. The lowest BCUT2D eigenvalue weighted by molar-refractivity contribution is -0.141. The number of rotatable bonds is 5. The monoisotopic (exact) mass is 366 g/mol. The van der Waals surface area contributed by atoms with Gasteiger partial charge in [-0.15, -0.1) is 0 Å². The molecule has 1 aliphatic heterocycles. The van der Waals surface area contributed by atoms with E-state index in [0.717, 1.165) is 11.4 Å². The third-order valence-electron chi connectivity index (χ3n) is 6.20. The third-order valence-corrected chi connectivity index (χ3v) is 6.20. The van der Waals surface area contributed by atoms with Gasteiger partial charge in [0.2, 0.25) is 0 Å². The second-order valence-electron chi connectivity index (χ2n) is 7.64. The molecule has 1 aromatic carbocycles. The number of carbonyl (C=O) groups excluding carboxylic acids is 2. The number of hydrogen-bond acceptors (Lipinski definition) is 5. The van der Waals surface area contributed by atoms with Crippen LogP contribution in [-0.4, -0.2) is 40.7 Å². The van der Waals surface area contributed by atoms with Crippen LogP contribution in [0.4, 0.5) is 0 Å². The average molecular weight is 366 g/mol. The fourth-order valence-corrected chi connectivity index (χ4v) is 4.97. The number of carboxylic acids is 1. The molecule has 0 spiro atoms. The summed E-state index contributed by atoms with van der Waals surface area (Å²) in [7, 11) is 0. The van der Waals surface area contributed by atoms with Crippen LogP contribution in [0, 0.1) is 35.5 Å². The summed E-state index contributed by atoms with van der Waals surface area (Å²) in [5.41, 5.74) is 0.692. The van der Waals surface area contributed by atoms with Crippen LogP contribution in [0.3, 0.4) is 0 Å². The zero-order chi connectivity index (χ0) is 18.7. The Hall–Kier alpha value is -2.96. The predicted octanol–water partition coefficient (Wildman–Crippen LogP) is 1.54. The van der Waals surface area contributed by atoms with Gasteiger partial charge >= 0.3 is 5.97 Å². The van der Waals surface area contributed by atoms with E-state index in [0.29, 0.717) is 23.1 Å². The molecule has 5 aliphatic rings. The molecule has 4 aliphatic carbocycles. The first-order valence-electron chi connectivity index (χ1n) is 9.09. The molecule has 3 fully saturated rings. The standard InChI is InChI=1S/C20H18N2O5/c23-16(24)9-27-11-3-1-10(2-4-11)8-21-22-19(25)17-12-5-6-13(15-7-14(12)15)18(17)20(22)26/h1-6,8,12-15,17-18H,7,9H2,(H,23,24)/b21-8-/t12-,13-,14-,15+,17+,18-/m1/s1. The third kappa shape index (κ3) is 2.49. The van der Waals surface area contributed by atoms with Gasteiger partial charge in [-0.05, 0) is 59.9 Å². The van der Waals surface area contributed by atoms with Crippen molar-refractivity contribution in [2.75, 3.05) is 6.61 Å². The maximum atomic E-state index is 12.8. The molecule has 2 amide bonds. The van der Waals surface area contributed by atoms with Gasteiger partial charge in [0.05, 0.1) is 18.1 Å². The van der Waals surface area contributed by atoms with Crippen molar-refractivity contribution in [1.29, 1.82) is 0 Å². The minimum atomic E-state index is -1.05. The lowest BCUT2D eigenvalue weighted by Gasteiger charge is -2.37. The van der Waals surface area contributed by atoms with E-state index >= 15 is 0 Å². The minimum Gasteiger partial charge on any atom is -0.482 e. The number of hydrazone groups is 1. The van der Waals surface area contributed by atoms with E-state index in [9.17, 15) is 14.4 Å². The van der Waals surface area contributed by atoms with Crippen LogP contribution in [0.15, 0.2) is 41.5 Å². The second kappa shape index (κ2) is 5.77. The molecule has 6 rings (SSSR count). The molecule has 2 bridgehead atoms. The summed E-state index contributed by atoms with van der Waals surface area (Å²) in [6, 6.07) is 6.63. The Morgan fingerprint density at radius 3 is 2.26 bits per heavy atom. The summed E-state index contributed by atoms with van der Waals surface area (Å²) >= 11 is 0. The molecule has 1 N–H and O–H groups in total. The molecular formula is C20H18N2O5. The summed E-state index contributed by atoms with van der Waals surface area (Å²) in [5.74, 6) is 0.0188. The van der Waals surface area contributed by atoms with E-state index < -0.39 is 12.6 Å². The van der Waals surface area contributed by atoms with Crippen LogP contribution in [0.5, 0.6) is 5.75 Å². The Labute approximate surface area is 155 Å². The van der Waals surface area contributed by atoms with Gasteiger partial charge in [-0.3, -0.25) is 9.59 Å². The van der Waals surface area contributed by atoms with Gasteiger partial charge in [0, 0.05) is 0 Å². The highest BCUT2D eigenvalue weighted by Gasteiger charge is 2.67. The molecule has 138 valence electrons. The van der Waals surface area contributed by atoms with Gasteiger partial charge in [-0.1, -0.05) is 12.2 Å². The molecule has 27 heavy (non-hydrogen) atoms. The van der Waals surface area contributed by atoms with Crippen molar-refractivity contribution < 1.29 is 24.2 Å². The fourth-order valence-electron chi connectivity index (χ4n) is 4.97. The van der Waals surface area contributed by atoms with Gasteiger partial charge in [-0.25, -0.2) is 4.79 Å². The molecule has 6 atom stereocenters. The Balaban J connectivity index is 1.31. The van der Waals surface area contributed by atoms with Crippen LogP contribution in [0.25, 0.3) is 0 Å². The highest BCUT2D eigenvalue weighted by atomic mass is 16.5. The number of imide groups is 1. The molecule has 1 saturated heterocycles. The largest absolute Gasteiger partial charge is 0.482 e. The Bertz CT molecular complexity index is 854. The molecule has 1 aromatic rings. The van der Waals surface area contributed by atoms with E-state index in [1.807, 2.05) is 0 Å². The average Bonchev–Trinajstić information content (AvgIpc) is 3.45. The van der Waals surface area contributed by atoms with Crippen molar-refractivity contribution >= 4 is 24.0 Å². The summed E-state index contributed by atoms with van der Waals surface area (Å²) < 4.78 is 5.07. The maximum Gasteiger partial charge on any atom is 0.341 e. The van der Waals surface area contributed by atoms with Gasteiger partial charge in [-0.2, -0.15) is 10.1 Å². The number of carboxylic acid groups (broad SMARTS) is 1.